The van der Waals surface area contributed by atoms with Gasteiger partial charge in [0.15, 0.2) is 5.79 Å². The fraction of sp³-hybridized carbons (Fsp3) is 0.379. The molecule has 1 aliphatic heterocycles. The average Bonchev–Trinajstić information content (AvgIpc) is 3.17. The molecule has 0 amide bonds. The number of nitrogens with one attached hydrogen (secondary N) is 1. The molecule has 3 aromatic rings. The van der Waals surface area contributed by atoms with E-state index in [0.717, 1.165) is 24.3 Å². The molecule has 1 N–H and O–H groups in total. The van der Waals surface area contributed by atoms with Gasteiger partial charge in [-0.2, -0.15) is 0 Å². The summed E-state index contributed by atoms with van der Waals surface area (Å²) in [5.74, 6) is 0.184. The van der Waals surface area contributed by atoms with Gasteiger partial charge in [0.05, 0.1) is 20.3 Å². The monoisotopic (exact) mass is 461 g/mol. The Balaban J connectivity index is 1.48. The number of hydrogen-bond donors (Lipinski definition) is 1. The summed E-state index contributed by atoms with van der Waals surface area (Å²) in [5, 5.41) is 3.74. The molecule has 180 valence electrons. The van der Waals surface area contributed by atoms with Gasteiger partial charge in [0.2, 0.25) is 0 Å². The van der Waals surface area contributed by atoms with Crippen LogP contribution in [0.1, 0.15) is 30.5 Å². The summed E-state index contributed by atoms with van der Waals surface area (Å²) in [6, 6.07) is 28.9. The van der Waals surface area contributed by atoms with Gasteiger partial charge in [-0.25, -0.2) is 0 Å². The molecule has 0 spiro atoms. The summed E-state index contributed by atoms with van der Waals surface area (Å²) in [4.78, 5) is 0. The van der Waals surface area contributed by atoms with Crippen LogP contribution in [0.15, 0.2) is 84.9 Å². The van der Waals surface area contributed by atoms with E-state index in [-0.39, 0.29) is 18.2 Å². The Labute approximate surface area is 203 Å². The van der Waals surface area contributed by atoms with Crippen molar-refractivity contribution in [1.82, 2.24) is 5.32 Å². The highest BCUT2D eigenvalue weighted by Gasteiger charge is 2.45. The summed E-state index contributed by atoms with van der Waals surface area (Å²) in [6.45, 7) is 5.71. The SMILES string of the molecule is COc1ccc(C[C@@H](NCc2ccccc2)[C@@H]2OC(C)(C)O[C@H]2COCc2ccccc2)cc1. The molecular weight excluding hydrogens is 426 g/mol. The second-order valence-corrected chi connectivity index (χ2v) is 9.16. The molecule has 3 atom stereocenters. The Hall–Kier alpha value is -2.70. The lowest BCUT2D eigenvalue weighted by atomic mass is 9.97. The predicted molar refractivity (Wildman–Crippen MR) is 134 cm³/mol. The van der Waals surface area contributed by atoms with E-state index in [1.54, 1.807) is 7.11 Å². The predicted octanol–water partition coefficient (Wildman–Crippen LogP) is 5.13. The first-order valence-corrected chi connectivity index (χ1v) is 11.9. The van der Waals surface area contributed by atoms with Crippen molar-refractivity contribution in [2.24, 2.45) is 0 Å². The molecule has 0 saturated carbocycles. The number of benzene rings is 3. The van der Waals surface area contributed by atoms with Crippen LogP contribution >= 0.6 is 0 Å². The molecule has 0 aromatic heterocycles. The van der Waals surface area contributed by atoms with E-state index in [4.69, 9.17) is 18.9 Å². The molecule has 3 aromatic carbocycles. The third kappa shape index (κ3) is 6.90. The van der Waals surface area contributed by atoms with Crippen molar-refractivity contribution in [3.05, 3.63) is 102 Å². The third-order valence-electron chi connectivity index (χ3n) is 6.04. The number of ether oxygens (including phenoxy) is 4. The van der Waals surface area contributed by atoms with Gasteiger partial charge < -0.3 is 24.3 Å². The smallest absolute Gasteiger partial charge is 0.163 e. The van der Waals surface area contributed by atoms with E-state index < -0.39 is 5.79 Å². The normalized spacial score (nSPS) is 20.2. The summed E-state index contributed by atoms with van der Waals surface area (Å²) in [6.07, 6.45) is 0.470. The zero-order valence-electron chi connectivity index (χ0n) is 20.3. The highest BCUT2D eigenvalue weighted by atomic mass is 16.8. The number of methoxy groups -OCH3 is 1. The van der Waals surface area contributed by atoms with Gasteiger partial charge in [0, 0.05) is 12.6 Å². The Bertz CT molecular complexity index is 992. The van der Waals surface area contributed by atoms with Crippen LogP contribution in [0.3, 0.4) is 0 Å². The van der Waals surface area contributed by atoms with Crippen LogP contribution in [-0.4, -0.2) is 37.8 Å². The first-order chi connectivity index (χ1) is 16.5. The Kier molecular flexibility index (Phi) is 8.35. The summed E-state index contributed by atoms with van der Waals surface area (Å²) in [7, 11) is 1.69. The maximum atomic E-state index is 6.44. The van der Waals surface area contributed by atoms with Crippen LogP contribution < -0.4 is 10.1 Å². The van der Waals surface area contributed by atoms with Crippen molar-refractivity contribution in [2.75, 3.05) is 13.7 Å². The lowest BCUT2D eigenvalue weighted by Crippen LogP contribution is -2.47. The van der Waals surface area contributed by atoms with Crippen LogP contribution in [0.25, 0.3) is 0 Å². The van der Waals surface area contributed by atoms with Crippen molar-refractivity contribution in [1.29, 1.82) is 0 Å². The largest absolute Gasteiger partial charge is 0.497 e. The van der Waals surface area contributed by atoms with Crippen LogP contribution in [0.2, 0.25) is 0 Å². The molecule has 5 nitrogen and oxygen atoms in total. The molecule has 0 unspecified atom stereocenters. The minimum Gasteiger partial charge on any atom is -0.497 e. The zero-order chi connectivity index (χ0) is 23.8. The van der Waals surface area contributed by atoms with Gasteiger partial charge in [-0.15, -0.1) is 0 Å². The fourth-order valence-electron chi connectivity index (χ4n) is 4.37. The lowest BCUT2D eigenvalue weighted by molar-refractivity contribution is -0.153. The van der Waals surface area contributed by atoms with Gasteiger partial charge >= 0.3 is 0 Å². The maximum Gasteiger partial charge on any atom is 0.163 e. The van der Waals surface area contributed by atoms with Crippen molar-refractivity contribution in [2.45, 2.75) is 57.5 Å². The molecule has 0 radical (unpaired) electrons. The topological polar surface area (TPSA) is 49.0 Å². The summed E-state index contributed by atoms with van der Waals surface area (Å²) >= 11 is 0. The second-order valence-electron chi connectivity index (χ2n) is 9.16. The molecule has 4 rings (SSSR count). The van der Waals surface area contributed by atoms with Crippen molar-refractivity contribution >= 4 is 0 Å². The Morgan fingerprint density at radius 3 is 2.12 bits per heavy atom. The van der Waals surface area contributed by atoms with Gasteiger partial charge in [0.1, 0.15) is 18.0 Å². The third-order valence-corrected chi connectivity index (χ3v) is 6.04. The lowest BCUT2D eigenvalue weighted by Gasteiger charge is -2.28. The van der Waals surface area contributed by atoms with E-state index in [0.29, 0.717) is 13.2 Å². The van der Waals surface area contributed by atoms with E-state index in [9.17, 15) is 0 Å². The number of hydrogen-bond acceptors (Lipinski definition) is 5. The zero-order valence-corrected chi connectivity index (χ0v) is 20.3. The van der Waals surface area contributed by atoms with Gasteiger partial charge in [-0.3, -0.25) is 0 Å². The quantitative estimate of drug-likeness (QED) is 0.429. The first kappa shape index (κ1) is 24.4. The highest BCUT2D eigenvalue weighted by molar-refractivity contribution is 5.28. The Morgan fingerprint density at radius 1 is 0.824 bits per heavy atom. The van der Waals surface area contributed by atoms with Crippen molar-refractivity contribution in [3.8, 4) is 5.75 Å². The van der Waals surface area contributed by atoms with E-state index >= 15 is 0 Å². The van der Waals surface area contributed by atoms with Crippen molar-refractivity contribution in [3.63, 3.8) is 0 Å². The summed E-state index contributed by atoms with van der Waals surface area (Å²) < 4.78 is 24.1. The molecule has 34 heavy (non-hydrogen) atoms. The van der Waals surface area contributed by atoms with E-state index in [1.807, 2.05) is 50.2 Å². The first-order valence-electron chi connectivity index (χ1n) is 11.9. The highest BCUT2D eigenvalue weighted by Crippen LogP contribution is 2.32. The van der Waals surface area contributed by atoms with Crippen LogP contribution in [-0.2, 0) is 33.8 Å². The summed E-state index contributed by atoms with van der Waals surface area (Å²) in [5.41, 5.74) is 3.59. The van der Waals surface area contributed by atoms with Gasteiger partial charge in [-0.1, -0.05) is 72.8 Å². The van der Waals surface area contributed by atoms with E-state index in [1.165, 1.54) is 11.1 Å². The average molecular weight is 462 g/mol. The second kappa shape index (κ2) is 11.6. The van der Waals surface area contributed by atoms with Crippen LogP contribution in [0.4, 0.5) is 0 Å². The molecule has 1 fully saturated rings. The molecule has 1 aliphatic rings. The van der Waals surface area contributed by atoms with E-state index in [2.05, 4.69) is 53.8 Å². The van der Waals surface area contributed by atoms with Crippen LogP contribution in [0.5, 0.6) is 5.75 Å². The standard InChI is InChI=1S/C29H35NO4/c1-29(2)33-27(21-32-20-24-12-8-5-9-13-24)28(34-29)26(30-19-23-10-6-4-7-11-23)18-22-14-16-25(31-3)17-15-22/h4-17,26-28,30H,18-21H2,1-3H3/t26-,27+,28+/m1/s1. The Morgan fingerprint density at radius 2 is 1.47 bits per heavy atom. The molecule has 1 heterocycles. The molecule has 1 saturated heterocycles. The van der Waals surface area contributed by atoms with Crippen LogP contribution in [0, 0.1) is 0 Å². The minimum atomic E-state index is -0.669. The van der Waals surface area contributed by atoms with Gasteiger partial charge in [0.25, 0.3) is 0 Å². The minimum absolute atomic E-state index is 0.0423. The molecule has 5 heteroatoms. The maximum absolute atomic E-state index is 6.44. The van der Waals surface area contributed by atoms with Crippen molar-refractivity contribution < 1.29 is 18.9 Å². The number of rotatable bonds is 11. The molecule has 0 aliphatic carbocycles. The van der Waals surface area contributed by atoms with Gasteiger partial charge in [-0.05, 0) is 49.1 Å². The fourth-order valence-corrected chi connectivity index (χ4v) is 4.37. The molecule has 0 bridgehead atoms. The molecular formula is C29H35NO4.